The Balaban J connectivity index is 1.56. The Morgan fingerprint density at radius 3 is 2.08 bits per heavy atom. The first-order chi connectivity index (χ1) is 12.6. The van der Waals surface area contributed by atoms with Crippen molar-refractivity contribution in [3.05, 3.63) is 71.8 Å². The van der Waals surface area contributed by atoms with Gasteiger partial charge in [-0.05, 0) is 24.3 Å². The van der Waals surface area contributed by atoms with Gasteiger partial charge in [-0.3, -0.25) is 0 Å². The first-order valence-electron chi connectivity index (χ1n) is 8.02. The zero-order valence-corrected chi connectivity index (χ0v) is 13.7. The molecule has 0 spiro atoms. The number of aliphatic hydroxyl groups is 1. The van der Waals surface area contributed by atoms with E-state index in [1.54, 1.807) is 48.5 Å². The second kappa shape index (κ2) is 8.07. The van der Waals surface area contributed by atoms with Gasteiger partial charge in [0.05, 0.1) is 11.1 Å². The number of ether oxygens (including phenoxy) is 3. The Morgan fingerprint density at radius 2 is 1.50 bits per heavy atom. The van der Waals surface area contributed by atoms with Gasteiger partial charge in [0.25, 0.3) is 0 Å². The summed E-state index contributed by atoms with van der Waals surface area (Å²) in [6, 6.07) is 16.2. The van der Waals surface area contributed by atoms with Crippen LogP contribution in [0.3, 0.4) is 0 Å². The van der Waals surface area contributed by atoms with Crippen LogP contribution in [0.25, 0.3) is 0 Å². The number of alkyl halides is 1. The van der Waals surface area contributed by atoms with Crippen molar-refractivity contribution in [2.75, 3.05) is 6.61 Å². The van der Waals surface area contributed by atoms with E-state index in [0.717, 1.165) is 0 Å². The summed E-state index contributed by atoms with van der Waals surface area (Å²) in [5.41, 5.74) is 0.551. The molecular formula is C19H17FO6. The minimum Gasteiger partial charge on any atom is -0.459 e. The SMILES string of the molecule is O=C(OC[C@H]1O[C@H](F)[C@@H](OC(=O)c2ccccc2)[C@@H]1O)c1ccccc1. The van der Waals surface area contributed by atoms with Crippen LogP contribution >= 0.6 is 0 Å². The molecule has 0 unspecified atom stereocenters. The third-order valence-electron chi connectivity index (χ3n) is 3.92. The fourth-order valence-electron chi connectivity index (χ4n) is 2.53. The molecule has 1 fully saturated rings. The summed E-state index contributed by atoms with van der Waals surface area (Å²) in [5.74, 6) is -1.40. The van der Waals surface area contributed by atoms with Crippen molar-refractivity contribution in [1.82, 2.24) is 0 Å². The molecule has 0 radical (unpaired) electrons. The number of benzene rings is 2. The van der Waals surface area contributed by atoms with Crippen molar-refractivity contribution in [2.24, 2.45) is 0 Å². The number of hydrogen-bond donors (Lipinski definition) is 1. The molecule has 0 saturated carbocycles. The normalized spacial score (nSPS) is 24.8. The zero-order chi connectivity index (χ0) is 18.5. The van der Waals surface area contributed by atoms with E-state index in [-0.39, 0.29) is 12.2 Å². The summed E-state index contributed by atoms with van der Waals surface area (Å²) < 4.78 is 29.0. The Labute approximate surface area is 149 Å². The fourth-order valence-corrected chi connectivity index (χ4v) is 2.53. The third-order valence-corrected chi connectivity index (χ3v) is 3.92. The summed E-state index contributed by atoms with van der Waals surface area (Å²) in [6.45, 7) is -0.366. The molecule has 0 bridgehead atoms. The van der Waals surface area contributed by atoms with Gasteiger partial charge in [0, 0.05) is 0 Å². The van der Waals surface area contributed by atoms with Gasteiger partial charge in [-0.15, -0.1) is 0 Å². The van der Waals surface area contributed by atoms with Crippen LogP contribution in [0.1, 0.15) is 20.7 Å². The maximum Gasteiger partial charge on any atom is 0.338 e. The van der Waals surface area contributed by atoms with Crippen molar-refractivity contribution in [3.63, 3.8) is 0 Å². The molecule has 1 heterocycles. The van der Waals surface area contributed by atoms with Gasteiger partial charge in [-0.1, -0.05) is 36.4 Å². The molecule has 2 aromatic carbocycles. The van der Waals surface area contributed by atoms with Gasteiger partial charge in [-0.2, -0.15) is 0 Å². The summed E-state index contributed by atoms with van der Waals surface area (Å²) in [5, 5.41) is 10.2. The van der Waals surface area contributed by atoms with Crippen LogP contribution in [0.2, 0.25) is 0 Å². The van der Waals surface area contributed by atoms with Crippen molar-refractivity contribution in [3.8, 4) is 0 Å². The predicted molar refractivity (Wildman–Crippen MR) is 88.1 cm³/mol. The Bertz CT molecular complexity index is 751. The van der Waals surface area contributed by atoms with Crippen molar-refractivity contribution in [1.29, 1.82) is 0 Å². The summed E-state index contributed by atoms with van der Waals surface area (Å²) in [7, 11) is 0. The molecule has 26 heavy (non-hydrogen) atoms. The monoisotopic (exact) mass is 360 g/mol. The standard InChI is InChI=1S/C19H17FO6/c20-17-16(26-19(23)13-9-5-2-6-10-13)15(21)14(25-17)11-24-18(22)12-7-3-1-4-8-12/h1-10,14-17,21H,11H2/t14-,15-,16+,17+/m1/s1. The fraction of sp³-hybridized carbons (Fsp3) is 0.263. The lowest BCUT2D eigenvalue weighted by Gasteiger charge is -2.17. The van der Waals surface area contributed by atoms with E-state index in [1.165, 1.54) is 12.1 Å². The number of halogens is 1. The number of esters is 2. The zero-order valence-electron chi connectivity index (χ0n) is 13.7. The third kappa shape index (κ3) is 4.07. The van der Waals surface area contributed by atoms with Crippen LogP contribution in [0, 0.1) is 0 Å². The van der Waals surface area contributed by atoms with E-state index in [1.807, 2.05) is 0 Å². The van der Waals surface area contributed by atoms with Crippen LogP contribution in [0.5, 0.6) is 0 Å². The van der Waals surface area contributed by atoms with Crippen LogP contribution in [0.15, 0.2) is 60.7 Å². The number of rotatable bonds is 5. The van der Waals surface area contributed by atoms with Crippen LogP contribution in [-0.4, -0.2) is 48.3 Å². The smallest absolute Gasteiger partial charge is 0.338 e. The van der Waals surface area contributed by atoms with Gasteiger partial charge in [0.2, 0.25) is 6.36 Å². The average molecular weight is 360 g/mol. The van der Waals surface area contributed by atoms with Gasteiger partial charge in [-0.25, -0.2) is 14.0 Å². The topological polar surface area (TPSA) is 82.1 Å². The van der Waals surface area contributed by atoms with Crippen LogP contribution in [0.4, 0.5) is 4.39 Å². The molecule has 7 heteroatoms. The number of hydrogen-bond acceptors (Lipinski definition) is 6. The van der Waals surface area contributed by atoms with Crippen LogP contribution in [-0.2, 0) is 14.2 Å². The average Bonchev–Trinajstić information content (AvgIpc) is 2.95. The van der Waals surface area contributed by atoms with Gasteiger partial charge in [0.15, 0.2) is 6.10 Å². The quantitative estimate of drug-likeness (QED) is 0.823. The first-order valence-corrected chi connectivity index (χ1v) is 8.02. The van der Waals surface area contributed by atoms with Gasteiger partial charge in [0.1, 0.15) is 18.8 Å². The lowest BCUT2D eigenvalue weighted by atomic mass is 10.1. The lowest BCUT2D eigenvalue weighted by molar-refractivity contribution is -0.0884. The largest absolute Gasteiger partial charge is 0.459 e. The van der Waals surface area contributed by atoms with Gasteiger partial charge >= 0.3 is 11.9 Å². The van der Waals surface area contributed by atoms with E-state index in [4.69, 9.17) is 14.2 Å². The highest BCUT2D eigenvalue weighted by Gasteiger charge is 2.47. The van der Waals surface area contributed by atoms with E-state index >= 15 is 0 Å². The molecule has 6 nitrogen and oxygen atoms in total. The Kier molecular flexibility index (Phi) is 5.60. The number of carbonyl (C=O) groups excluding carboxylic acids is 2. The second-order valence-electron chi connectivity index (χ2n) is 5.72. The second-order valence-corrected chi connectivity index (χ2v) is 5.72. The van der Waals surface area contributed by atoms with Crippen molar-refractivity contribution < 1.29 is 33.3 Å². The Hall–Kier alpha value is -2.77. The summed E-state index contributed by atoms with van der Waals surface area (Å²) in [4.78, 5) is 23.9. The van der Waals surface area contributed by atoms with E-state index in [2.05, 4.69) is 0 Å². The first kappa shape index (κ1) is 18.0. The van der Waals surface area contributed by atoms with Crippen molar-refractivity contribution >= 4 is 11.9 Å². The molecule has 1 N–H and O–H groups in total. The highest BCUT2D eigenvalue weighted by molar-refractivity contribution is 5.89. The molecular weight excluding hydrogens is 343 g/mol. The summed E-state index contributed by atoms with van der Waals surface area (Å²) >= 11 is 0. The van der Waals surface area contributed by atoms with Crippen LogP contribution < -0.4 is 0 Å². The van der Waals surface area contributed by atoms with Gasteiger partial charge < -0.3 is 19.3 Å². The maximum atomic E-state index is 14.0. The molecule has 0 amide bonds. The molecule has 3 rings (SSSR count). The highest BCUT2D eigenvalue weighted by Crippen LogP contribution is 2.26. The molecule has 0 aliphatic carbocycles. The molecule has 1 saturated heterocycles. The summed E-state index contributed by atoms with van der Waals surface area (Å²) in [6.07, 6.45) is -6.10. The molecule has 1 aliphatic heterocycles. The molecule has 0 aromatic heterocycles. The lowest BCUT2D eigenvalue weighted by Crippen LogP contribution is -2.37. The number of carbonyl (C=O) groups is 2. The molecule has 136 valence electrons. The van der Waals surface area contributed by atoms with E-state index in [9.17, 15) is 19.1 Å². The number of aliphatic hydroxyl groups excluding tert-OH is 1. The molecule has 4 atom stereocenters. The Morgan fingerprint density at radius 1 is 0.962 bits per heavy atom. The predicted octanol–water partition coefficient (Wildman–Crippen LogP) is 2.12. The highest BCUT2D eigenvalue weighted by atomic mass is 19.1. The minimum atomic E-state index is -2.02. The molecule has 1 aliphatic rings. The molecule has 2 aromatic rings. The van der Waals surface area contributed by atoms with E-state index in [0.29, 0.717) is 5.56 Å². The maximum absolute atomic E-state index is 14.0. The minimum absolute atomic E-state index is 0.228. The van der Waals surface area contributed by atoms with E-state index < -0.39 is 36.6 Å². The van der Waals surface area contributed by atoms with Crippen molar-refractivity contribution in [2.45, 2.75) is 24.7 Å².